The summed E-state index contributed by atoms with van der Waals surface area (Å²) in [5.41, 5.74) is 1.31. The second kappa shape index (κ2) is 6.17. The summed E-state index contributed by atoms with van der Waals surface area (Å²) in [5.74, 6) is -0.978. The highest BCUT2D eigenvalue weighted by molar-refractivity contribution is 6.04. The van der Waals surface area contributed by atoms with Crippen molar-refractivity contribution in [2.45, 2.75) is 0 Å². The minimum atomic E-state index is -0.463. The van der Waals surface area contributed by atoms with Crippen molar-refractivity contribution in [3.05, 3.63) is 65.5 Å². The van der Waals surface area contributed by atoms with E-state index in [1.165, 1.54) is 29.2 Å². The van der Waals surface area contributed by atoms with Crippen molar-refractivity contribution in [1.82, 2.24) is 4.90 Å². The molecule has 2 aromatic carbocycles. The molecule has 2 aromatic rings. The van der Waals surface area contributed by atoms with Crippen molar-refractivity contribution in [1.29, 1.82) is 0 Å². The summed E-state index contributed by atoms with van der Waals surface area (Å²) < 4.78 is 13.1. The van der Waals surface area contributed by atoms with Gasteiger partial charge in [0.05, 0.1) is 0 Å². The first-order valence-electron chi connectivity index (χ1n) is 6.36. The van der Waals surface area contributed by atoms with Gasteiger partial charge in [-0.05, 0) is 42.5 Å². The van der Waals surface area contributed by atoms with Gasteiger partial charge in [0.15, 0.2) is 0 Å². The van der Waals surface area contributed by atoms with Crippen LogP contribution in [0.25, 0.3) is 0 Å². The number of carbonyl (C=O) groups is 2. The lowest BCUT2D eigenvalue weighted by Crippen LogP contribution is -2.21. The number of anilines is 1. The highest BCUT2D eigenvalue weighted by Crippen LogP contribution is 2.13. The molecule has 4 nitrogen and oxygen atoms in total. The summed E-state index contributed by atoms with van der Waals surface area (Å²) in [7, 11) is 3.34. The van der Waals surface area contributed by atoms with Gasteiger partial charge in [-0.1, -0.05) is 6.07 Å². The molecule has 0 fully saturated rings. The maximum Gasteiger partial charge on any atom is 0.255 e. The molecule has 0 saturated heterocycles. The molecule has 0 unspecified atom stereocenters. The fraction of sp³-hybridized carbons (Fsp3) is 0.125. The first-order valence-corrected chi connectivity index (χ1v) is 6.36. The molecule has 5 heteroatoms. The molecular formula is C16H15FN2O2. The second-order valence-electron chi connectivity index (χ2n) is 4.74. The number of carbonyl (C=O) groups excluding carboxylic acids is 2. The quantitative estimate of drug-likeness (QED) is 0.943. The van der Waals surface area contributed by atoms with Crippen molar-refractivity contribution in [2.24, 2.45) is 0 Å². The number of amides is 2. The third-order valence-corrected chi connectivity index (χ3v) is 2.88. The summed E-state index contributed by atoms with van der Waals surface area (Å²) in [6.45, 7) is 0. The van der Waals surface area contributed by atoms with E-state index in [0.717, 1.165) is 0 Å². The average Bonchev–Trinajstić information content (AvgIpc) is 2.47. The predicted molar refractivity (Wildman–Crippen MR) is 78.8 cm³/mol. The van der Waals surface area contributed by atoms with Crippen LogP contribution in [0.15, 0.2) is 48.5 Å². The number of nitrogens with one attached hydrogen (secondary N) is 1. The molecule has 0 atom stereocenters. The first-order chi connectivity index (χ1) is 9.97. The van der Waals surface area contributed by atoms with E-state index >= 15 is 0 Å². The van der Waals surface area contributed by atoms with Crippen LogP contribution in [0.3, 0.4) is 0 Å². The fourth-order valence-corrected chi connectivity index (χ4v) is 1.79. The maximum absolute atomic E-state index is 13.1. The van der Waals surface area contributed by atoms with Crippen LogP contribution in [0.4, 0.5) is 10.1 Å². The lowest BCUT2D eigenvalue weighted by Gasteiger charge is -2.11. The number of hydrogen-bond acceptors (Lipinski definition) is 2. The number of rotatable bonds is 3. The van der Waals surface area contributed by atoms with Crippen LogP contribution in [0.1, 0.15) is 20.7 Å². The van der Waals surface area contributed by atoms with Gasteiger partial charge in [0.25, 0.3) is 11.8 Å². The zero-order chi connectivity index (χ0) is 15.4. The zero-order valence-electron chi connectivity index (χ0n) is 11.8. The van der Waals surface area contributed by atoms with Gasteiger partial charge in [-0.2, -0.15) is 0 Å². The molecule has 1 N–H and O–H groups in total. The van der Waals surface area contributed by atoms with Crippen LogP contribution in [-0.2, 0) is 0 Å². The lowest BCUT2D eigenvalue weighted by molar-refractivity contribution is 0.0827. The van der Waals surface area contributed by atoms with Gasteiger partial charge in [0.1, 0.15) is 5.82 Å². The summed E-state index contributed by atoms with van der Waals surface area (Å²) in [5, 5.41) is 2.65. The highest BCUT2D eigenvalue weighted by Gasteiger charge is 2.09. The SMILES string of the molecule is CN(C)C(=O)c1ccc(NC(=O)c2cccc(F)c2)cc1. The summed E-state index contributed by atoms with van der Waals surface area (Å²) in [6.07, 6.45) is 0. The Morgan fingerprint density at radius 3 is 2.24 bits per heavy atom. The Kier molecular flexibility index (Phi) is 4.33. The molecule has 108 valence electrons. The minimum absolute atomic E-state index is 0.113. The third kappa shape index (κ3) is 3.66. The van der Waals surface area contributed by atoms with Crippen molar-refractivity contribution >= 4 is 17.5 Å². The molecule has 0 aromatic heterocycles. The molecule has 21 heavy (non-hydrogen) atoms. The van der Waals surface area contributed by atoms with Gasteiger partial charge in [-0.3, -0.25) is 9.59 Å². The predicted octanol–water partition coefficient (Wildman–Crippen LogP) is 2.78. The highest BCUT2D eigenvalue weighted by atomic mass is 19.1. The van der Waals surface area contributed by atoms with Gasteiger partial charge in [0.2, 0.25) is 0 Å². The normalized spacial score (nSPS) is 10.0. The fourth-order valence-electron chi connectivity index (χ4n) is 1.79. The summed E-state index contributed by atoms with van der Waals surface area (Å²) in [4.78, 5) is 25.1. The van der Waals surface area contributed by atoms with E-state index in [1.807, 2.05) is 0 Å². The maximum atomic E-state index is 13.1. The molecule has 0 saturated carbocycles. The van der Waals surface area contributed by atoms with Crippen molar-refractivity contribution in [3.63, 3.8) is 0 Å². The minimum Gasteiger partial charge on any atom is -0.345 e. The number of nitrogens with zero attached hydrogens (tertiary/aromatic N) is 1. The smallest absolute Gasteiger partial charge is 0.255 e. The Morgan fingerprint density at radius 1 is 1.00 bits per heavy atom. The van der Waals surface area contributed by atoms with E-state index in [1.54, 1.807) is 38.4 Å². The third-order valence-electron chi connectivity index (χ3n) is 2.88. The monoisotopic (exact) mass is 286 g/mol. The summed E-state index contributed by atoms with van der Waals surface area (Å²) >= 11 is 0. The van der Waals surface area contributed by atoms with Gasteiger partial charge in [-0.15, -0.1) is 0 Å². The zero-order valence-corrected chi connectivity index (χ0v) is 11.8. The lowest BCUT2D eigenvalue weighted by atomic mass is 10.1. The van der Waals surface area contributed by atoms with E-state index in [4.69, 9.17) is 0 Å². The van der Waals surface area contributed by atoms with Crippen LogP contribution >= 0.6 is 0 Å². The van der Waals surface area contributed by atoms with Gasteiger partial charge in [-0.25, -0.2) is 4.39 Å². The molecule has 2 rings (SSSR count). The Hall–Kier alpha value is -2.69. The number of benzene rings is 2. The number of hydrogen-bond donors (Lipinski definition) is 1. The van der Waals surface area contributed by atoms with Crippen LogP contribution in [-0.4, -0.2) is 30.8 Å². The molecular weight excluding hydrogens is 271 g/mol. The van der Waals surface area contributed by atoms with Crippen LogP contribution in [0.2, 0.25) is 0 Å². The molecule has 2 amide bonds. The van der Waals surface area contributed by atoms with Crippen LogP contribution < -0.4 is 5.32 Å². The average molecular weight is 286 g/mol. The Balaban J connectivity index is 2.10. The Bertz CT molecular complexity index is 666. The Labute approximate surface area is 122 Å². The van der Waals surface area contributed by atoms with E-state index in [0.29, 0.717) is 11.3 Å². The van der Waals surface area contributed by atoms with Gasteiger partial charge >= 0.3 is 0 Å². The van der Waals surface area contributed by atoms with Gasteiger partial charge in [0, 0.05) is 30.9 Å². The van der Waals surface area contributed by atoms with E-state index < -0.39 is 11.7 Å². The van der Waals surface area contributed by atoms with E-state index in [9.17, 15) is 14.0 Å². The van der Waals surface area contributed by atoms with Crippen molar-refractivity contribution in [2.75, 3.05) is 19.4 Å². The molecule has 0 aliphatic heterocycles. The van der Waals surface area contributed by atoms with Crippen LogP contribution in [0.5, 0.6) is 0 Å². The molecule has 0 bridgehead atoms. The first kappa shape index (κ1) is 14.7. The molecule has 0 heterocycles. The molecule has 0 radical (unpaired) electrons. The van der Waals surface area contributed by atoms with Crippen LogP contribution in [0, 0.1) is 5.82 Å². The number of halogens is 1. The topological polar surface area (TPSA) is 49.4 Å². The molecule has 0 aliphatic carbocycles. The molecule has 0 spiro atoms. The van der Waals surface area contributed by atoms with Crippen molar-refractivity contribution < 1.29 is 14.0 Å². The van der Waals surface area contributed by atoms with E-state index in [-0.39, 0.29) is 11.5 Å². The van der Waals surface area contributed by atoms with Gasteiger partial charge < -0.3 is 10.2 Å². The Morgan fingerprint density at radius 2 is 1.67 bits per heavy atom. The molecule has 0 aliphatic rings. The summed E-state index contributed by atoms with van der Waals surface area (Å²) in [6, 6.07) is 12.0. The second-order valence-corrected chi connectivity index (χ2v) is 4.74. The van der Waals surface area contributed by atoms with E-state index in [2.05, 4.69) is 5.32 Å². The standard InChI is InChI=1S/C16H15FN2O2/c1-19(2)16(21)11-6-8-14(9-7-11)18-15(20)12-4-3-5-13(17)10-12/h3-10H,1-2H3,(H,18,20). The largest absolute Gasteiger partial charge is 0.345 e. The van der Waals surface area contributed by atoms with Crippen molar-refractivity contribution in [3.8, 4) is 0 Å².